The van der Waals surface area contributed by atoms with Crippen molar-refractivity contribution in [2.24, 2.45) is 0 Å². The topological polar surface area (TPSA) is 116 Å². The first kappa shape index (κ1) is 30.2. The lowest BCUT2D eigenvalue weighted by molar-refractivity contribution is -0.123. The van der Waals surface area contributed by atoms with Gasteiger partial charge in [0.2, 0.25) is 15.9 Å². The smallest absolute Gasteiger partial charge is 0.245 e. The number of fused-ring (bicyclic) bond motifs is 1. The zero-order valence-electron chi connectivity index (χ0n) is 23.4. The summed E-state index contributed by atoms with van der Waals surface area (Å²) < 4.78 is 42.8. The molecule has 3 heterocycles. The van der Waals surface area contributed by atoms with Crippen molar-refractivity contribution in [2.45, 2.75) is 50.3 Å². The summed E-state index contributed by atoms with van der Waals surface area (Å²) in [6, 6.07) is 9.42. The van der Waals surface area contributed by atoms with E-state index in [0.29, 0.717) is 23.4 Å². The summed E-state index contributed by atoms with van der Waals surface area (Å²) in [5, 5.41) is 3.58. The van der Waals surface area contributed by atoms with E-state index in [1.54, 1.807) is 18.6 Å². The Morgan fingerprint density at radius 1 is 1.21 bits per heavy atom. The van der Waals surface area contributed by atoms with Crippen molar-refractivity contribution in [3.63, 3.8) is 0 Å². The highest BCUT2D eigenvalue weighted by Gasteiger charge is 2.45. The fourth-order valence-corrected chi connectivity index (χ4v) is 7.58. The molecule has 2 unspecified atom stereocenters. The van der Waals surface area contributed by atoms with E-state index in [1.807, 2.05) is 42.8 Å². The molecule has 1 aliphatic heterocycles. The molecule has 1 saturated heterocycles. The number of hydrogen-bond donors (Lipinski definition) is 1. The largest absolute Gasteiger partial charge is 0.487 e. The molecule has 42 heavy (non-hydrogen) atoms. The quantitative estimate of drug-likeness (QED) is 0.264. The van der Waals surface area contributed by atoms with Crippen molar-refractivity contribution in [1.29, 1.82) is 0 Å². The molecule has 0 aliphatic carbocycles. The predicted octanol–water partition coefficient (Wildman–Crippen LogP) is 4.92. The van der Waals surface area contributed by atoms with E-state index in [1.165, 1.54) is 19.2 Å². The Labute approximate surface area is 254 Å². The van der Waals surface area contributed by atoms with Crippen molar-refractivity contribution in [1.82, 2.24) is 24.2 Å². The Balaban J connectivity index is 1.47. The second-order valence-corrected chi connectivity index (χ2v) is 12.6. The third-order valence-electron chi connectivity index (χ3n) is 7.12. The van der Waals surface area contributed by atoms with Crippen LogP contribution in [0.4, 0.5) is 0 Å². The maximum absolute atomic E-state index is 13.9. The summed E-state index contributed by atoms with van der Waals surface area (Å²) in [6.45, 7) is 4.24. The number of likely N-dealkylation sites (N-methyl/N-ethyl adjacent to an activating group) is 1. The third-order valence-corrected chi connectivity index (χ3v) is 9.94. The average Bonchev–Trinajstić information content (AvgIpc) is 3.66. The van der Waals surface area contributed by atoms with Crippen molar-refractivity contribution in [2.75, 3.05) is 20.2 Å². The van der Waals surface area contributed by atoms with Crippen LogP contribution in [0.25, 0.3) is 16.6 Å². The number of halogens is 2. The molecule has 222 valence electrons. The number of aryl methyl sites for hydroxylation is 1. The first-order valence-corrected chi connectivity index (χ1v) is 15.7. The van der Waals surface area contributed by atoms with Gasteiger partial charge in [-0.2, -0.15) is 4.31 Å². The van der Waals surface area contributed by atoms with E-state index in [9.17, 15) is 13.2 Å². The van der Waals surface area contributed by atoms with Crippen LogP contribution in [0.5, 0.6) is 5.75 Å². The number of nitrogens with zero attached hydrogens (tertiary/aromatic N) is 4. The fourth-order valence-electron chi connectivity index (χ4n) is 5.09. The summed E-state index contributed by atoms with van der Waals surface area (Å²) in [5.41, 5.74) is 2.60. The number of benzene rings is 2. The van der Waals surface area contributed by atoms with Gasteiger partial charge in [-0.3, -0.25) is 4.79 Å². The van der Waals surface area contributed by atoms with Gasteiger partial charge in [-0.15, -0.1) is 0 Å². The maximum Gasteiger partial charge on any atom is 0.245 e. The summed E-state index contributed by atoms with van der Waals surface area (Å²) in [5.74, 6) is 0.0664. The molecule has 1 amide bonds. The van der Waals surface area contributed by atoms with Crippen LogP contribution in [-0.4, -0.2) is 65.5 Å². The molecule has 10 nitrogen and oxygen atoms in total. The lowest BCUT2D eigenvalue weighted by Gasteiger charge is -2.24. The molecule has 2 aromatic carbocycles. The van der Waals surface area contributed by atoms with Crippen molar-refractivity contribution < 1.29 is 22.7 Å². The van der Waals surface area contributed by atoms with Crippen molar-refractivity contribution >= 4 is 50.0 Å². The van der Waals surface area contributed by atoms with Crippen LogP contribution in [0.1, 0.15) is 31.0 Å². The molecule has 13 heteroatoms. The number of ether oxygens (including phenoxy) is 2. The van der Waals surface area contributed by atoms with Gasteiger partial charge in [0, 0.05) is 60.7 Å². The summed E-state index contributed by atoms with van der Waals surface area (Å²) in [4.78, 5) is 21.3. The molecule has 1 N–H and O–H groups in total. The highest BCUT2D eigenvalue weighted by atomic mass is 35.5. The molecule has 1 aliphatic rings. The van der Waals surface area contributed by atoms with E-state index in [0.717, 1.165) is 27.5 Å². The second kappa shape index (κ2) is 12.6. The number of rotatable bonds is 10. The van der Waals surface area contributed by atoms with Gasteiger partial charge < -0.3 is 19.4 Å². The van der Waals surface area contributed by atoms with Gasteiger partial charge in [-0.25, -0.2) is 18.4 Å². The van der Waals surface area contributed by atoms with Gasteiger partial charge in [0.05, 0.1) is 23.1 Å². The summed E-state index contributed by atoms with van der Waals surface area (Å²) in [7, 11) is -2.73. The molecule has 2 atom stereocenters. The van der Waals surface area contributed by atoms with E-state index in [-0.39, 0.29) is 34.5 Å². The number of amides is 1. The summed E-state index contributed by atoms with van der Waals surface area (Å²) >= 11 is 13.2. The second-order valence-electron chi connectivity index (χ2n) is 9.97. The molecule has 0 spiro atoms. The Bertz CT molecular complexity index is 1720. The number of nitrogens with one attached hydrogen (secondary N) is 1. The predicted molar refractivity (Wildman–Crippen MR) is 161 cm³/mol. The Kier molecular flexibility index (Phi) is 9.05. The lowest BCUT2D eigenvalue weighted by atomic mass is 10.1. The van der Waals surface area contributed by atoms with Gasteiger partial charge in [0.15, 0.2) is 0 Å². The van der Waals surface area contributed by atoms with Crippen molar-refractivity contribution in [3.05, 3.63) is 76.4 Å². The minimum absolute atomic E-state index is 0.0332. The maximum atomic E-state index is 13.9. The van der Waals surface area contributed by atoms with Crippen LogP contribution < -0.4 is 10.1 Å². The number of carbonyl (C=O) groups is 1. The van der Waals surface area contributed by atoms with Crippen LogP contribution >= 0.6 is 23.2 Å². The molecule has 0 saturated carbocycles. The van der Waals surface area contributed by atoms with Crippen LogP contribution in [0.3, 0.4) is 0 Å². The van der Waals surface area contributed by atoms with E-state index >= 15 is 0 Å². The van der Waals surface area contributed by atoms with Crippen LogP contribution in [-0.2, 0) is 26.2 Å². The van der Waals surface area contributed by atoms with Crippen molar-refractivity contribution in [3.8, 4) is 11.4 Å². The zero-order valence-corrected chi connectivity index (χ0v) is 25.7. The Hall–Kier alpha value is -3.22. The number of carbonyl (C=O) groups excluding carboxylic acids is 1. The van der Waals surface area contributed by atoms with Gasteiger partial charge >= 0.3 is 0 Å². The van der Waals surface area contributed by atoms with E-state index in [2.05, 4.69) is 10.3 Å². The number of pyridine rings is 1. The molecule has 5 rings (SSSR count). The molecular formula is C29H31Cl2N5O5S. The van der Waals surface area contributed by atoms with E-state index in [4.69, 9.17) is 37.7 Å². The standard InChI is InChI=1S/C29H31Cl2N5O5S/c1-4-12-40-19-14-24(29(37)32-3)36(15-19)42(38,39)26-9-8-22(30)21(27(26)31)16-41-25-7-5-6-20-23(35-11-10-33-17-35)13-18(2)34-28(20)25/h5-11,13,17,19,24H,4,12,14-16H2,1-3H3,(H,32,37). The number of imidazole rings is 1. The SMILES string of the molecule is CCCOC1CC(C(=O)NC)N(S(=O)(=O)c2ccc(Cl)c(COc3cccc4c(-n5ccnc5)cc(C)nc34)c2Cl)C1. The highest BCUT2D eigenvalue weighted by Crippen LogP contribution is 2.37. The van der Waals surface area contributed by atoms with Gasteiger partial charge in [0.25, 0.3) is 0 Å². The summed E-state index contributed by atoms with van der Waals surface area (Å²) in [6.07, 6.45) is 5.86. The Morgan fingerprint density at radius 2 is 2.02 bits per heavy atom. The molecular weight excluding hydrogens is 601 g/mol. The average molecular weight is 633 g/mol. The number of hydrogen-bond acceptors (Lipinski definition) is 7. The lowest BCUT2D eigenvalue weighted by Crippen LogP contribution is -2.44. The first-order chi connectivity index (χ1) is 20.1. The third kappa shape index (κ3) is 5.84. The number of para-hydroxylation sites is 1. The van der Waals surface area contributed by atoms with Crippen LogP contribution in [0.2, 0.25) is 10.0 Å². The van der Waals surface area contributed by atoms with Gasteiger partial charge in [-0.05, 0) is 37.6 Å². The number of aromatic nitrogens is 3. The monoisotopic (exact) mass is 631 g/mol. The molecule has 2 aromatic heterocycles. The van der Waals surface area contributed by atoms with Gasteiger partial charge in [0.1, 0.15) is 28.8 Å². The minimum atomic E-state index is -4.20. The normalized spacial score (nSPS) is 17.5. The highest BCUT2D eigenvalue weighted by molar-refractivity contribution is 7.89. The van der Waals surface area contributed by atoms with Gasteiger partial charge in [-0.1, -0.05) is 42.3 Å². The minimum Gasteiger partial charge on any atom is -0.487 e. The fraction of sp³-hybridized carbons (Fsp3) is 0.345. The van der Waals surface area contributed by atoms with Crippen LogP contribution in [0, 0.1) is 6.92 Å². The number of sulfonamides is 1. The van der Waals surface area contributed by atoms with E-state index < -0.39 is 28.1 Å². The first-order valence-electron chi connectivity index (χ1n) is 13.5. The molecule has 0 bridgehead atoms. The Morgan fingerprint density at radius 3 is 2.74 bits per heavy atom. The molecule has 4 aromatic rings. The zero-order chi connectivity index (χ0) is 30.0. The molecule has 0 radical (unpaired) electrons. The van der Waals surface area contributed by atoms with Crippen LogP contribution in [0.15, 0.2) is 60.0 Å². The molecule has 1 fully saturated rings.